The maximum Gasteiger partial charge on any atom is 0.410 e. The van der Waals surface area contributed by atoms with Crippen molar-refractivity contribution >= 4 is 18.0 Å². The Kier molecular flexibility index (Phi) is 6.17. The van der Waals surface area contributed by atoms with Crippen LogP contribution in [0.5, 0.6) is 0 Å². The normalized spacial score (nSPS) is 17.7. The number of hydrogen-bond donors (Lipinski definition) is 1. The third kappa shape index (κ3) is 4.71. The average Bonchev–Trinajstić information content (AvgIpc) is 2.57. The van der Waals surface area contributed by atoms with Crippen LogP contribution in [0, 0.1) is 0 Å². The molecule has 24 heavy (non-hydrogen) atoms. The van der Waals surface area contributed by atoms with Crippen molar-refractivity contribution in [3.05, 3.63) is 35.9 Å². The van der Waals surface area contributed by atoms with Gasteiger partial charge >= 0.3 is 12.1 Å². The van der Waals surface area contributed by atoms with Gasteiger partial charge in [-0.3, -0.25) is 14.5 Å². The summed E-state index contributed by atoms with van der Waals surface area (Å²) in [5, 5.41) is 8.66. The number of rotatable bonds is 6. The van der Waals surface area contributed by atoms with Gasteiger partial charge in [0.25, 0.3) is 0 Å². The van der Waals surface area contributed by atoms with Gasteiger partial charge in [0.1, 0.15) is 12.6 Å². The van der Waals surface area contributed by atoms with Crippen LogP contribution in [0.25, 0.3) is 0 Å². The number of nitrogens with zero attached hydrogens (tertiary/aromatic N) is 2. The van der Waals surface area contributed by atoms with Gasteiger partial charge in [-0.1, -0.05) is 30.3 Å². The van der Waals surface area contributed by atoms with Crippen molar-refractivity contribution in [2.75, 3.05) is 19.6 Å². The molecular weight excluding hydrogens is 312 g/mol. The number of ether oxygens (including phenoxy) is 1. The Balaban J connectivity index is 1.83. The summed E-state index contributed by atoms with van der Waals surface area (Å²) in [6, 6.07) is 8.74. The number of amides is 2. The Morgan fingerprint density at radius 1 is 1.25 bits per heavy atom. The van der Waals surface area contributed by atoms with Crippen LogP contribution in [0.3, 0.4) is 0 Å². The minimum atomic E-state index is -0.876. The lowest BCUT2D eigenvalue weighted by Crippen LogP contribution is -2.57. The minimum absolute atomic E-state index is 0.0288. The first-order valence-corrected chi connectivity index (χ1v) is 7.97. The second-order valence-electron chi connectivity index (χ2n) is 5.73. The lowest BCUT2D eigenvalue weighted by atomic mass is 10.1. The van der Waals surface area contributed by atoms with Crippen LogP contribution in [0.15, 0.2) is 30.3 Å². The summed E-state index contributed by atoms with van der Waals surface area (Å²) in [5.41, 5.74) is 0.886. The van der Waals surface area contributed by atoms with Crippen molar-refractivity contribution in [2.24, 2.45) is 0 Å². The topological polar surface area (TPSA) is 87.2 Å². The number of carbonyl (C=O) groups is 3. The number of carboxylic acids is 1. The van der Waals surface area contributed by atoms with Crippen molar-refractivity contribution in [1.29, 1.82) is 0 Å². The molecule has 0 aromatic heterocycles. The summed E-state index contributed by atoms with van der Waals surface area (Å²) in [4.78, 5) is 38.1. The second kappa shape index (κ2) is 8.33. The molecule has 130 valence electrons. The van der Waals surface area contributed by atoms with Gasteiger partial charge in [-0.2, -0.15) is 0 Å². The Morgan fingerprint density at radius 2 is 1.96 bits per heavy atom. The lowest BCUT2D eigenvalue weighted by molar-refractivity contribution is -0.141. The predicted octanol–water partition coefficient (Wildman–Crippen LogP) is 1.72. The van der Waals surface area contributed by atoms with Crippen LogP contribution in [0.1, 0.15) is 25.3 Å². The molecule has 0 aliphatic carbocycles. The van der Waals surface area contributed by atoms with Gasteiger partial charge in [-0.25, -0.2) is 4.79 Å². The summed E-state index contributed by atoms with van der Waals surface area (Å²) in [7, 11) is 0. The van der Waals surface area contributed by atoms with Gasteiger partial charge in [0.2, 0.25) is 5.91 Å². The Morgan fingerprint density at radius 3 is 2.62 bits per heavy atom. The first kappa shape index (κ1) is 17.8. The standard InChI is InChI=1S/C17H22N2O5/c1-13-16(22)18(9-5-8-15(20)21)10-11-19(13)17(23)24-12-14-6-3-2-4-7-14/h2-4,6-7,13H,5,8-12H2,1H3,(H,20,21). The molecule has 2 amide bonds. The number of carbonyl (C=O) groups excluding carboxylic acids is 2. The van der Waals surface area contributed by atoms with Crippen LogP contribution < -0.4 is 0 Å². The Labute approximate surface area is 140 Å². The molecule has 1 N–H and O–H groups in total. The molecule has 0 bridgehead atoms. The maximum atomic E-state index is 12.3. The van der Waals surface area contributed by atoms with E-state index in [0.29, 0.717) is 26.1 Å². The maximum absolute atomic E-state index is 12.3. The fraction of sp³-hybridized carbons (Fsp3) is 0.471. The molecule has 7 heteroatoms. The number of benzene rings is 1. The van der Waals surface area contributed by atoms with E-state index in [2.05, 4.69) is 0 Å². The predicted molar refractivity (Wildman–Crippen MR) is 86.2 cm³/mol. The van der Waals surface area contributed by atoms with E-state index in [0.717, 1.165) is 5.56 Å². The molecule has 1 fully saturated rings. The summed E-state index contributed by atoms with van der Waals surface area (Å²) < 4.78 is 5.27. The first-order chi connectivity index (χ1) is 11.5. The Bertz CT molecular complexity index is 590. The van der Waals surface area contributed by atoms with Crippen LogP contribution in [0.2, 0.25) is 0 Å². The molecule has 1 aliphatic heterocycles. The second-order valence-corrected chi connectivity index (χ2v) is 5.73. The average molecular weight is 334 g/mol. The van der Waals surface area contributed by atoms with Crippen LogP contribution in [-0.4, -0.2) is 58.6 Å². The summed E-state index contributed by atoms with van der Waals surface area (Å²) in [6.45, 7) is 2.99. The third-order valence-corrected chi connectivity index (χ3v) is 4.01. The number of piperazine rings is 1. The quantitative estimate of drug-likeness (QED) is 0.856. The van der Waals surface area contributed by atoms with Gasteiger partial charge in [0.05, 0.1) is 0 Å². The molecule has 1 unspecified atom stereocenters. The summed E-state index contributed by atoms with van der Waals surface area (Å²) in [5.74, 6) is -1.05. The van der Waals surface area contributed by atoms with Gasteiger partial charge in [0.15, 0.2) is 0 Å². The summed E-state index contributed by atoms with van der Waals surface area (Å²) >= 11 is 0. The van der Waals surface area contributed by atoms with Crippen LogP contribution >= 0.6 is 0 Å². The number of hydrogen-bond acceptors (Lipinski definition) is 4. The number of carboxylic acid groups (broad SMARTS) is 1. The lowest BCUT2D eigenvalue weighted by Gasteiger charge is -2.38. The van der Waals surface area contributed by atoms with Crippen molar-refractivity contribution in [2.45, 2.75) is 32.4 Å². The van der Waals surface area contributed by atoms with Crippen molar-refractivity contribution in [3.63, 3.8) is 0 Å². The van der Waals surface area contributed by atoms with Crippen molar-refractivity contribution in [1.82, 2.24) is 9.80 Å². The van der Waals surface area contributed by atoms with Crippen molar-refractivity contribution in [3.8, 4) is 0 Å². The Hall–Kier alpha value is -2.57. The monoisotopic (exact) mass is 334 g/mol. The SMILES string of the molecule is CC1C(=O)N(CCCC(=O)O)CCN1C(=O)OCc1ccccc1. The molecule has 1 heterocycles. The van der Waals surface area contributed by atoms with E-state index in [1.165, 1.54) is 4.90 Å². The highest BCUT2D eigenvalue weighted by Crippen LogP contribution is 2.14. The zero-order valence-corrected chi connectivity index (χ0v) is 13.7. The molecule has 1 atom stereocenters. The highest BCUT2D eigenvalue weighted by Gasteiger charge is 2.34. The first-order valence-electron chi connectivity index (χ1n) is 7.97. The van der Waals surface area contributed by atoms with Crippen LogP contribution in [-0.2, 0) is 20.9 Å². The molecule has 1 aromatic carbocycles. The van der Waals surface area contributed by atoms with E-state index >= 15 is 0 Å². The minimum Gasteiger partial charge on any atom is -0.481 e. The molecule has 1 saturated heterocycles. The number of aliphatic carboxylic acids is 1. The van der Waals surface area contributed by atoms with Crippen LogP contribution in [0.4, 0.5) is 4.79 Å². The molecular formula is C17H22N2O5. The summed E-state index contributed by atoms with van der Waals surface area (Å²) in [6.07, 6.45) is -0.0716. The molecule has 0 radical (unpaired) electrons. The van der Waals surface area contributed by atoms with E-state index in [-0.39, 0.29) is 18.9 Å². The molecule has 1 aromatic rings. The fourth-order valence-corrected chi connectivity index (χ4v) is 2.62. The largest absolute Gasteiger partial charge is 0.481 e. The van der Waals surface area contributed by atoms with E-state index in [1.807, 2.05) is 30.3 Å². The van der Waals surface area contributed by atoms with E-state index in [9.17, 15) is 14.4 Å². The fourth-order valence-electron chi connectivity index (χ4n) is 2.62. The zero-order valence-electron chi connectivity index (χ0n) is 13.7. The van der Waals surface area contributed by atoms with Gasteiger partial charge in [0, 0.05) is 26.1 Å². The highest BCUT2D eigenvalue weighted by molar-refractivity contribution is 5.86. The molecule has 7 nitrogen and oxygen atoms in total. The van der Waals surface area contributed by atoms with Crippen molar-refractivity contribution < 1.29 is 24.2 Å². The molecule has 1 aliphatic rings. The van der Waals surface area contributed by atoms with Gasteiger partial charge < -0.3 is 14.7 Å². The highest BCUT2D eigenvalue weighted by atomic mass is 16.6. The smallest absolute Gasteiger partial charge is 0.410 e. The van der Waals surface area contributed by atoms with E-state index in [4.69, 9.17) is 9.84 Å². The van der Waals surface area contributed by atoms with E-state index < -0.39 is 18.1 Å². The third-order valence-electron chi connectivity index (χ3n) is 4.01. The molecule has 0 saturated carbocycles. The zero-order chi connectivity index (χ0) is 17.5. The molecule has 2 rings (SSSR count). The van der Waals surface area contributed by atoms with Gasteiger partial charge in [-0.05, 0) is 18.9 Å². The van der Waals surface area contributed by atoms with E-state index in [1.54, 1.807) is 11.8 Å². The van der Waals surface area contributed by atoms with Gasteiger partial charge in [-0.15, -0.1) is 0 Å². The molecule has 0 spiro atoms.